The summed E-state index contributed by atoms with van der Waals surface area (Å²) in [5.74, 6) is 1.32. The van der Waals surface area contributed by atoms with E-state index in [4.69, 9.17) is 4.74 Å². The maximum Gasteiger partial charge on any atom is 0.125 e. The lowest BCUT2D eigenvalue weighted by Gasteiger charge is -2.20. The zero-order valence-corrected chi connectivity index (χ0v) is 12.7. The van der Waals surface area contributed by atoms with Gasteiger partial charge in [0.15, 0.2) is 0 Å². The summed E-state index contributed by atoms with van der Waals surface area (Å²) in [6.45, 7) is 8.28. The molecule has 0 spiro atoms. The first-order valence-corrected chi connectivity index (χ1v) is 7.79. The van der Waals surface area contributed by atoms with Crippen LogP contribution < -0.4 is 4.74 Å². The van der Waals surface area contributed by atoms with Crippen LogP contribution in [0.15, 0.2) is 24.3 Å². The molecule has 1 aromatic rings. The SMILES string of the molecule is CC(C)COc1ccccc1C(O)CCN1CCCC1. The van der Waals surface area contributed by atoms with E-state index in [1.165, 1.54) is 25.9 Å². The molecule has 0 aromatic heterocycles. The second-order valence-electron chi connectivity index (χ2n) is 6.10. The van der Waals surface area contributed by atoms with E-state index >= 15 is 0 Å². The van der Waals surface area contributed by atoms with E-state index < -0.39 is 6.10 Å². The first kappa shape index (κ1) is 15.3. The van der Waals surface area contributed by atoms with Gasteiger partial charge in [0.2, 0.25) is 0 Å². The Morgan fingerprint density at radius 3 is 2.60 bits per heavy atom. The minimum atomic E-state index is -0.432. The third-order valence-corrected chi connectivity index (χ3v) is 3.77. The molecule has 112 valence electrons. The number of aliphatic hydroxyl groups excluding tert-OH is 1. The van der Waals surface area contributed by atoms with Crippen LogP contribution >= 0.6 is 0 Å². The minimum Gasteiger partial charge on any atom is -0.493 e. The maximum atomic E-state index is 10.4. The van der Waals surface area contributed by atoms with E-state index in [-0.39, 0.29) is 0 Å². The number of hydrogen-bond donors (Lipinski definition) is 1. The molecule has 1 heterocycles. The quantitative estimate of drug-likeness (QED) is 0.830. The first-order chi connectivity index (χ1) is 9.66. The van der Waals surface area contributed by atoms with Crippen LogP contribution in [0.4, 0.5) is 0 Å². The standard InChI is InChI=1S/C17H27NO2/c1-14(2)13-20-17-8-4-3-7-15(17)16(19)9-12-18-10-5-6-11-18/h3-4,7-8,14,16,19H,5-6,9-13H2,1-2H3. The van der Waals surface area contributed by atoms with Gasteiger partial charge in [-0.25, -0.2) is 0 Å². The van der Waals surface area contributed by atoms with E-state index in [9.17, 15) is 5.11 Å². The third kappa shape index (κ3) is 4.50. The fourth-order valence-corrected chi connectivity index (χ4v) is 2.61. The van der Waals surface area contributed by atoms with Crippen molar-refractivity contribution in [3.63, 3.8) is 0 Å². The second kappa shape index (κ2) is 7.65. The molecule has 20 heavy (non-hydrogen) atoms. The molecule has 3 heteroatoms. The van der Waals surface area contributed by atoms with Crippen molar-refractivity contribution < 1.29 is 9.84 Å². The van der Waals surface area contributed by atoms with Crippen molar-refractivity contribution in [3.05, 3.63) is 29.8 Å². The van der Waals surface area contributed by atoms with E-state index in [0.29, 0.717) is 12.5 Å². The number of benzene rings is 1. The van der Waals surface area contributed by atoms with Crippen molar-refractivity contribution >= 4 is 0 Å². The summed E-state index contributed by atoms with van der Waals surface area (Å²) in [4.78, 5) is 2.43. The lowest BCUT2D eigenvalue weighted by atomic mass is 10.1. The number of likely N-dealkylation sites (tertiary alicyclic amines) is 1. The van der Waals surface area contributed by atoms with Crippen molar-refractivity contribution in [2.24, 2.45) is 5.92 Å². The van der Waals surface area contributed by atoms with Gasteiger partial charge < -0.3 is 14.7 Å². The molecular weight excluding hydrogens is 250 g/mol. The second-order valence-corrected chi connectivity index (χ2v) is 6.10. The van der Waals surface area contributed by atoms with Gasteiger partial charge in [0.25, 0.3) is 0 Å². The van der Waals surface area contributed by atoms with Gasteiger partial charge in [-0.05, 0) is 44.3 Å². The molecule has 2 rings (SSSR count). The molecule has 1 unspecified atom stereocenters. The fourth-order valence-electron chi connectivity index (χ4n) is 2.61. The molecule has 1 saturated heterocycles. The van der Waals surface area contributed by atoms with Crippen LogP contribution in [0.2, 0.25) is 0 Å². The summed E-state index contributed by atoms with van der Waals surface area (Å²) in [6, 6.07) is 7.87. The topological polar surface area (TPSA) is 32.7 Å². The number of nitrogens with zero attached hydrogens (tertiary/aromatic N) is 1. The predicted molar refractivity (Wildman–Crippen MR) is 82.0 cm³/mol. The Bertz CT molecular complexity index is 400. The van der Waals surface area contributed by atoms with Crippen LogP contribution in [0.25, 0.3) is 0 Å². The van der Waals surface area contributed by atoms with Crippen LogP contribution in [0.3, 0.4) is 0 Å². The number of ether oxygens (including phenoxy) is 1. The number of rotatable bonds is 7. The summed E-state index contributed by atoms with van der Waals surface area (Å²) < 4.78 is 5.82. The molecular formula is C17H27NO2. The Kier molecular flexibility index (Phi) is 5.86. The van der Waals surface area contributed by atoms with Crippen molar-refractivity contribution in [1.29, 1.82) is 0 Å². The summed E-state index contributed by atoms with van der Waals surface area (Å²) >= 11 is 0. The highest BCUT2D eigenvalue weighted by Crippen LogP contribution is 2.28. The predicted octanol–water partition coefficient (Wildman–Crippen LogP) is 3.24. The normalized spacial score (nSPS) is 17.6. The Hall–Kier alpha value is -1.06. The smallest absolute Gasteiger partial charge is 0.125 e. The van der Waals surface area contributed by atoms with Crippen LogP contribution in [0, 0.1) is 5.92 Å². The number of aliphatic hydroxyl groups is 1. The average molecular weight is 277 g/mol. The third-order valence-electron chi connectivity index (χ3n) is 3.77. The zero-order valence-electron chi connectivity index (χ0n) is 12.7. The Balaban J connectivity index is 1.91. The monoisotopic (exact) mass is 277 g/mol. The van der Waals surface area contributed by atoms with Gasteiger partial charge >= 0.3 is 0 Å². The van der Waals surface area contributed by atoms with Gasteiger partial charge in [0, 0.05) is 12.1 Å². The van der Waals surface area contributed by atoms with Gasteiger partial charge in [-0.2, -0.15) is 0 Å². The Morgan fingerprint density at radius 1 is 1.20 bits per heavy atom. The van der Waals surface area contributed by atoms with E-state index in [1.807, 2.05) is 24.3 Å². The van der Waals surface area contributed by atoms with Crippen molar-refractivity contribution in [3.8, 4) is 5.75 Å². The zero-order chi connectivity index (χ0) is 14.4. The van der Waals surface area contributed by atoms with Crippen LogP contribution in [0.1, 0.15) is 44.8 Å². The number of hydrogen-bond acceptors (Lipinski definition) is 3. The minimum absolute atomic E-state index is 0.432. The Labute approximate surface area is 122 Å². The molecule has 1 aromatic carbocycles. The van der Waals surface area contributed by atoms with Crippen LogP contribution in [-0.2, 0) is 0 Å². The molecule has 0 saturated carbocycles. The van der Waals surface area contributed by atoms with Crippen LogP contribution in [0.5, 0.6) is 5.75 Å². The highest BCUT2D eigenvalue weighted by atomic mass is 16.5. The summed E-state index contributed by atoms with van der Waals surface area (Å²) in [5, 5.41) is 10.4. The van der Waals surface area contributed by atoms with Crippen molar-refractivity contribution in [1.82, 2.24) is 4.90 Å². The molecule has 1 atom stereocenters. The highest BCUT2D eigenvalue weighted by Gasteiger charge is 2.17. The van der Waals surface area contributed by atoms with Gasteiger partial charge in [0.05, 0.1) is 12.7 Å². The molecule has 1 aliphatic rings. The molecule has 1 aliphatic heterocycles. The van der Waals surface area contributed by atoms with Gasteiger partial charge in [-0.3, -0.25) is 0 Å². The molecule has 0 radical (unpaired) electrons. The summed E-state index contributed by atoms with van der Waals surface area (Å²) in [7, 11) is 0. The number of para-hydroxylation sites is 1. The maximum absolute atomic E-state index is 10.4. The highest BCUT2D eigenvalue weighted by molar-refractivity contribution is 5.35. The van der Waals surface area contributed by atoms with E-state index in [0.717, 1.165) is 24.3 Å². The lowest BCUT2D eigenvalue weighted by molar-refractivity contribution is 0.143. The molecule has 1 fully saturated rings. The van der Waals surface area contributed by atoms with Gasteiger partial charge in [-0.15, -0.1) is 0 Å². The van der Waals surface area contributed by atoms with Crippen molar-refractivity contribution in [2.45, 2.75) is 39.2 Å². The fraction of sp³-hybridized carbons (Fsp3) is 0.647. The lowest BCUT2D eigenvalue weighted by Crippen LogP contribution is -2.22. The van der Waals surface area contributed by atoms with Crippen LogP contribution in [-0.4, -0.2) is 36.2 Å². The molecule has 0 aliphatic carbocycles. The largest absolute Gasteiger partial charge is 0.493 e. The molecule has 0 amide bonds. The Morgan fingerprint density at radius 2 is 1.90 bits per heavy atom. The molecule has 1 N–H and O–H groups in total. The molecule has 0 bridgehead atoms. The van der Waals surface area contributed by atoms with E-state index in [2.05, 4.69) is 18.7 Å². The van der Waals surface area contributed by atoms with Gasteiger partial charge in [0.1, 0.15) is 5.75 Å². The first-order valence-electron chi connectivity index (χ1n) is 7.79. The van der Waals surface area contributed by atoms with Crippen molar-refractivity contribution in [2.75, 3.05) is 26.2 Å². The average Bonchev–Trinajstić information content (AvgIpc) is 2.96. The molecule has 3 nitrogen and oxygen atoms in total. The van der Waals surface area contributed by atoms with E-state index in [1.54, 1.807) is 0 Å². The van der Waals surface area contributed by atoms with Gasteiger partial charge in [-0.1, -0.05) is 32.0 Å². The summed E-state index contributed by atoms with van der Waals surface area (Å²) in [5.41, 5.74) is 0.923. The summed E-state index contributed by atoms with van der Waals surface area (Å²) in [6.07, 6.45) is 2.94.